The van der Waals surface area contributed by atoms with Crippen LogP contribution in [0.3, 0.4) is 0 Å². The molecule has 0 atom stereocenters. The first-order valence-corrected chi connectivity index (χ1v) is 5.29. The van der Waals surface area contributed by atoms with Crippen molar-refractivity contribution in [2.24, 2.45) is 7.05 Å². The summed E-state index contributed by atoms with van der Waals surface area (Å²) >= 11 is 5.96. The molecule has 0 spiro atoms. The van der Waals surface area contributed by atoms with Gasteiger partial charge < -0.3 is 4.74 Å². The van der Waals surface area contributed by atoms with Crippen LogP contribution in [0.15, 0.2) is 24.5 Å². The highest BCUT2D eigenvalue weighted by Gasteiger charge is 2.05. The van der Waals surface area contributed by atoms with Crippen molar-refractivity contribution >= 4 is 17.9 Å². The summed E-state index contributed by atoms with van der Waals surface area (Å²) in [5, 5.41) is 4.32. The Hall–Kier alpha value is -1.88. The van der Waals surface area contributed by atoms with Crippen molar-refractivity contribution in [3.63, 3.8) is 0 Å². The van der Waals surface area contributed by atoms with Gasteiger partial charge in [-0.1, -0.05) is 11.6 Å². The third-order valence-corrected chi connectivity index (χ3v) is 2.55. The Morgan fingerprint density at radius 2 is 2.35 bits per heavy atom. The summed E-state index contributed by atoms with van der Waals surface area (Å²) in [5.41, 5.74) is 0.515. The van der Waals surface area contributed by atoms with E-state index in [1.807, 2.05) is 0 Å². The highest BCUT2D eigenvalue weighted by atomic mass is 35.5. The minimum absolute atomic E-state index is 0.274. The fourth-order valence-corrected chi connectivity index (χ4v) is 1.54. The highest BCUT2D eigenvalue weighted by molar-refractivity contribution is 6.32. The zero-order chi connectivity index (χ0) is 12.3. The summed E-state index contributed by atoms with van der Waals surface area (Å²) < 4.78 is 7.11. The molecule has 2 aromatic rings. The van der Waals surface area contributed by atoms with Crippen LogP contribution >= 0.6 is 11.6 Å². The van der Waals surface area contributed by atoms with Crippen LogP contribution in [0.2, 0.25) is 5.02 Å². The number of benzene rings is 1. The molecule has 1 aromatic heterocycles. The summed E-state index contributed by atoms with van der Waals surface area (Å²) in [6.45, 7) is 0.274. The summed E-state index contributed by atoms with van der Waals surface area (Å²) in [6, 6.07) is 4.86. The van der Waals surface area contributed by atoms with Crippen molar-refractivity contribution in [2.75, 3.05) is 0 Å². The Morgan fingerprint density at radius 3 is 2.94 bits per heavy atom. The molecule has 5 nitrogen and oxygen atoms in total. The van der Waals surface area contributed by atoms with Gasteiger partial charge in [-0.15, -0.1) is 0 Å². The van der Waals surface area contributed by atoms with Crippen LogP contribution in [0.5, 0.6) is 5.75 Å². The molecule has 0 amide bonds. The molecule has 2 rings (SSSR count). The third kappa shape index (κ3) is 2.62. The monoisotopic (exact) mass is 251 g/mol. The van der Waals surface area contributed by atoms with Gasteiger partial charge in [0.15, 0.2) is 5.82 Å². The molecule has 0 aliphatic heterocycles. The van der Waals surface area contributed by atoms with Crippen LogP contribution in [-0.4, -0.2) is 21.1 Å². The Bertz CT molecular complexity index is 539. The highest BCUT2D eigenvalue weighted by Crippen LogP contribution is 2.25. The fraction of sp³-hybridized carbons (Fsp3) is 0.182. The zero-order valence-electron chi connectivity index (χ0n) is 9.13. The molecule has 0 radical (unpaired) electrons. The summed E-state index contributed by atoms with van der Waals surface area (Å²) in [6.07, 6.45) is 2.19. The molecule has 1 heterocycles. The van der Waals surface area contributed by atoms with E-state index < -0.39 is 0 Å². The lowest BCUT2D eigenvalue weighted by atomic mass is 10.2. The Kier molecular flexibility index (Phi) is 3.39. The molecule has 6 heteroatoms. The molecule has 0 bridgehead atoms. The van der Waals surface area contributed by atoms with E-state index in [9.17, 15) is 4.79 Å². The van der Waals surface area contributed by atoms with Crippen LogP contribution in [0.4, 0.5) is 0 Å². The number of aryl methyl sites for hydroxylation is 1. The Balaban J connectivity index is 2.09. The van der Waals surface area contributed by atoms with Gasteiger partial charge in [0.25, 0.3) is 0 Å². The lowest BCUT2D eigenvalue weighted by Crippen LogP contribution is -2.04. The second-order valence-corrected chi connectivity index (χ2v) is 3.80. The summed E-state index contributed by atoms with van der Waals surface area (Å²) in [5.74, 6) is 1.21. The minimum atomic E-state index is 0.274. The fourth-order valence-electron chi connectivity index (χ4n) is 1.30. The molecule has 88 valence electrons. The summed E-state index contributed by atoms with van der Waals surface area (Å²) in [7, 11) is 1.78. The van der Waals surface area contributed by atoms with E-state index in [0.29, 0.717) is 22.2 Å². The van der Waals surface area contributed by atoms with Gasteiger partial charge in [-0.05, 0) is 18.2 Å². The number of hydrogen-bond acceptors (Lipinski definition) is 4. The molecule has 0 aliphatic carbocycles. The topological polar surface area (TPSA) is 57.0 Å². The first-order valence-electron chi connectivity index (χ1n) is 4.91. The largest absolute Gasteiger partial charge is 0.484 e. The molecule has 0 aliphatic rings. The van der Waals surface area contributed by atoms with Crippen LogP contribution < -0.4 is 4.74 Å². The maximum atomic E-state index is 10.5. The van der Waals surface area contributed by atoms with Crippen LogP contribution in [-0.2, 0) is 13.7 Å². The first kappa shape index (κ1) is 11.6. The van der Waals surface area contributed by atoms with E-state index in [0.717, 1.165) is 6.29 Å². The van der Waals surface area contributed by atoms with Gasteiger partial charge in [-0.2, -0.15) is 5.10 Å². The first-order chi connectivity index (χ1) is 8.20. The predicted molar refractivity (Wildman–Crippen MR) is 62.2 cm³/mol. The Morgan fingerprint density at radius 1 is 1.53 bits per heavy atom. The lowest BCUT2D eigenvalue weighted by molar-refractivity contribution is 0.112. The Labute approximate surface area is 103 Å². The number of ether oxygens (including phenoxy) is 1. The SMILES string of the molecule is Cn1ncnc1COc1ccc(C=O)cc1Cl. The van der Waals surface area contributed by atoms with Gasteiger partial charge in [0, 0.05) is 12.6 Å². The van der Waals surface area contributed by atoms with E-state index in [4.69, 9.17) is 16.3 Å². The maximum Gasteiger partial charge on any atom is 0.164 e. The molecule has 1 aromatic carbocycles. The second-order valence-electron chi connectivity index (χ2n) is 3.40. The molecule has 0 saturated carbocycles. The molecule has 0 N–H and O–H groups in total. The normalized spacial score (nSPS) is 10.2. The number of nitrogens with zero attached hydrogens (tertiary/aromatic N) is 3. The smallest absolute Gasteiger partial charge is 0.164 e. The molecule has 0 fully saturated rings. The van der Waals surface area contributed by atoms with E-state index in [2.05, 4.69) is 10.1 Å². The number of aromatic nitrogens is 3. The molecule has 0 unspecified atom stereocenters. The van der Waals surface area contributed by atoms with Gasteiger partial charge >= 0.3 is 0 Å². The molecular weight excluding hydrogens is 242 g/mol. The quantitative estimate of drug-likeness (QED) is 0.779. The van der Waals surface area contributed by atoms with Crippen molar-refractivity contribution in [1.29, 1.82) is 0 Å². The number of carbonyl (C=O) groups excluding carboxylic acids is 1. The van der Waals surface area contributed by atoms with Crippen LogP contribution in [0.1, 0.15) is 16.2 Å². The maximum absolute atomic E-state index is 10.5. The predicted octanol–water partition coefficient (Wildman–Crippen LogP) is 1.86. The number of aldehydes is 1. The standard InChI is InChI=1S/C11H10ClN3O2/c1-15-11(13-7-14-15)6-17-10-3-2-8(5-16)4-9(10)12/h2-5,7H,6H2,1H3. The van der Waals surface area contributed by atoms with Gasteiger partial charge in [0.1, 0.15) is 25.0 Å². The van der Waals surface area contributed by atoms with Gasteiger partial charge in [-0.3, -0.25) is 9.48 Å². The number of hydrogen-bond donors (Lipinski definition) is 0. The molecule has 17 heavy (non-hydrogen) atoms. The van der Waals surface area contributed by atoms with Crippen LogP contribution in [0, 0.1) is 0 Å². The van der Waals surface area contributed by atoms with Crippen molar-refractivity contribution < 1.29 is 9.53 Å². The second kappa shape index (κ2) is 4.97. The number of rotatable bonds is 4. The zero-order valence-corrected chi connectivity index (χ0v) is 9.89. The lowest BCUT2D eigenvalue weighted by Gasteiger charge is -2.07. The van der Waals surface area contributed by atoms with Gasteiger partial charge in [-0.25, -0.2) is 4.98 Å². The van der Waals surface area contributed by atoms with Crippen molar-refractivity contribution in [3.05, 3.63) is 40.9 Å². The molecule has 0 saturated heterocycles. The average molecular weight is 252 g/mol. The van der Waals surface area contributed by atoms with Crippen molar-refractivity contribution in [3.8, 4) is 5.75 Å². The van der Waals surface area contributed by atoms with Gasteiger partial charge in [0.2, 0.25) is 0 Å². The summed E-state index contributed by atoms with van der Waals surface area (Å²) in [4.78, 5) is 14.6. The van der Waals surface area contributed by atoms with Crippen molar-refractivity contribution in [2.45, 2.75) is 6.61 Å². The van der Waals surface area contributed by atoms with E-state index in [1.54, 1.807) is 29.9 Å². The third-order valence-electron chi connectivity index (χ3n) is 2.25. The van der Waals surface area contributed by atoms with Crippen LogP contribution in [0.25, 0.3) is 0 Å². The number of carbonyl (C=O) groups is 1. The van der Waals surface area contributed by atoms with Crippen molar-refractivity contribution in [1.82, 2.24) is 14.8 Å². The average Bonchev–Trinajstić information content (AvgIpc) is 2.73. The minimum Gasteiger partial charge on any atom is -0.484 e. The number of halogens is 1. The molecular formula is C11H10ClN3O2. The van der Waals surface area contributed by atoms with E-state index in [-0.39, 0.29) is 6.61 Å². The van der Waals surface area contributed by atoms with E-state index in [1.165, 1.54) is 6.33 Å². The van der Waals surface area contributed by atoms with E-state index >= 15 is 0 Å². The van der Waals surface area contributed by atoms with Gasteiger partial charge in [0.05, 0.1) is 5.02 Å².